The Morgan fingerprint density at radius 3 is 2.38 bits per heavy atom. The summed E-state index contributed by atoms with van der Waals surface area (Å²) in [5.41, 5.74) is 2.82. The molecule has 0 aliphatic carbocycles. The summed E-state index contributed by atoms with van der Waals surface area (Å²) in [4.78, 5) is 15.9. The third-order valence-electron chi connectivity index (χ3n) is 6.04. The molecule has 3 aromatic rings. The highest BCUT2D eigenvalue weighted by Crippen LogP contribution is 2.38. The summed E-state index contributed by atoms with van der Waals surface area (Å²) < 4.78 is 43.5. The summed E-state index contributed by atoms with van der Waals surface area (Å²) in [6.07, 6.45) is -2.11. The van der Waals surface area contributed by atoms with Crippen LogP contribution in [0.25, 0.3) is 11.0 Å². The van der Waals surface area contributed by atoms with Gasteiger partial charge in [0.1, 0.15) is 5.75 Å². The minimum Gasteiger partial charge on any atom is -0.481 e. The fourth-order valence-electron chi connectivity index (χ4n) is 3.96. The highest BCUT2D eigenvalue weighted by Gasteiger charge is 2.31. The minimum absolute atomic E-state index is 0.0916. The second-order valence-corrected chi connectivity index (χ2v) is 9.18. The lowest BCUT2D eigenvalue weighted by molar-refractivity contribution is -0.274. The Kier molecular flexibility index (Phi) is 7.43. The first-order valence-electron chi connectivity index (χ1n) is 11.3. The normalized spacial score (nSPS) is 13.1. The molecule has 0 bridgehead atoms. The molecule has 9 heteroatoms. The van der Waals surface area contributed by atoms with Crippen molar-refractivity contribution in [1.29, 1.82) is 0 Å². The number of carboxylic acid groups (broad SMARTS) is 1. The molecule has 0 unspecified atom stereocenters. The van der Waals surface area contributed by atoms with Gasteiger partial charge in [0, 0.05) is 11.7 Å². The molecule has 1 atom stereocenters. The summed E-state index contributed by atoms with van der Waals surface area (Å²) >= 11 is 0. The van der Waals surface area contributed by atoms with Gasteiger partial charge in [-0.1, -0.05) is 40.2 Å². The number of alkyl halides is 3. The maximum Gasteiger partial charge on any atom is 0.573 e. The van der Waals surface area contributed by atoms with Gasteiger partial charge < -0.3 is 19.7 Å². The number of nitrogens with zero attached hydrogens (tertiary/aromatic N) is 2. The van der Waals surface area contributed by atoms with Crippen LogP contribution in [0, 0.1) is 5.41 Å². The Labute approximate surface area is 196 Å². The molecule has 0 saturated heterocycles. The van der Waals surface area contributed by atoms with Crippen LogP contribution >= 0.6 is 0 Å². The molecule has 2 N–H and O–H groups in total. The molecule has 0 aliphatic heterocycles. The second-order valence-electron chi connectivity index (χ2n) is 9.18. The van der Waals surface area contributed by atoms with Gasteiger partial charge in [0.05, 0.1) is 17.5 Å². The van der Waals surface area contributed by atoms with Crippen molar-refractivity contribution in [3.05, 3.63) is 48.0 Å². The topological polar surface area (TPSA) is 76.4 Å². The Hall–Kier alpha value is -3.23. The maximum atomic E-state index is 12.5. The number of aromatic nitrogens is 2. The average molecular weight is 478 g/mol. The Morgan fingerprint density at radius 2 is 1.82 bits per heavy atom. The third kappa shape index (κ3) is 6.42. The number of nitrogens with one attached hydrogen (secondary N) is 1. The highest BCUT2D eigenvalue weighted by molar-refractivity contribution is 5.82. The number of ether oxygens (including phenoxy) is 1. The molecule has 0 radical (unpaired) electrons. The van der Waals surface area contributed by atoms with Crippen LogP contribution in [0.5, 0.6) is 5.75 Å². The van der Waals surface area contributed by atoms with Gasteiger partial charge in [-0.3, -0.25) is 4.79 Å². The highest BCUT2D eigenvalue weighted by atomic mass is 19.4. The summed E-state index contributed by atoms with van der Waals surface area (Å²) in [5, 5.41) is 12.4. The number of fused-ring (bicyclic) bond motifs is 1. The molecule has 1 heterocycles. The summed E-state index contributed by atoms with van der Waals surface area (Å²) in [6, 6.07) is 11.0. The molecule has 0 saturated carbocycles. The van der Waals surface area contributed by atoms with Crippen LogP contribution < -0.4 is 10.1 Å². The van der Waals surface area contributed by atoms with E-state index in [1.165, 1.54) is 24.3 Å². The van der Waals surface area contributed by atoms with E-state index in [9.17, 15) is 18.0 Å². The van der Waals surface area contributed by atoms with Crippen molar-refractivity contribution in [2.45, 2.75) is 65.8 Å². The SMILES string of the molecule is CC[C@H](CC(C)(C)CC)n1c(Nc2ccc(OC(F)(F)F)cc2)nc2cc(CC(=O)O)ccc21. The lowest BCUT2D eigenvalue weighted by atomic mass is 9.82. The molecule has 3 rings (SSSR count). The predicted molar refractivity (Wildman–Crippen MR) is 125 cm³/mol. The number of carboxylic acids is 1. The standard InChI is InChI=1S/C25H30F3N3O3/c1-5-18(15-24(3,4)6-2)31-21-12-7-16(14-22(32)33)13-20(21)30-23(31)29-17-8-10-19(11-9-17)34-25(26,27)28/h7-13,18H,5-6,14-15H2,1-4H3,(H,29,30)(H,32,33)/t18-/m1/s1. The molecule has 0 aliphatic rings. The van der Waals surface area contributed by atoms with E-state index >= 15 is 0 Å². The van der Waals surface area contributed by atoms with Crippen LogP contribution in [0.1, 0.15) is 58.6 Å². The van der Waals surface area contributed by atoms with Crippen molar-refractivity contribution in [1.82, 2.24) is 9.55 Å². The van der Waals surface area contributed by atoms with Crippen LogP contribution in [-0.4, -0.2) is 27.0 Å². The van der Waals surface area contributed by atoms with Crippen molar-refractivity contribution < 1.29 is 27.8 Å². The van der Waals surface area contributed by atoms with Crippen molar-refractivity contribution in [3.63, 3.8) is 0 Å². The predicted octanol–water partition coefficient (Wildman–Crippen LogP) is 7.08. The number of aliphatic carboxylic acids is 1. The third-order valence-corrected chi connectivity index (χ3v) is 6.04. The van der Waals surface area contributed by atoms with Gasteiger partial charge in [-0.25, -0.2) is 4.98 Å². The molecule has 0 fully saturated rings. The van der Waals surface area contributed by atoms with Crippen molar-refractivity contribution in [2.75, 3.05) is 5.32 Å². The molecule has 6 nitrogen and oxygen atoms in total. The number of halogens is 3. The van der Waals surface area contributed by atoms with E-state index in [0.717, 1.165) is 24.8 Å². The number of hydrogen-bond acceptors (Lipinski definition) is 4. The lowest BCUT2D eigenvalue weighted by Gasteiger charge is -2.30. The molecular weight excluding hydrogens is 447 g/mol. The van der Waals surface area contributed by atoms with E-state index in [2.05, 4.69) is 42.3 Å². The van der Waals surface area contributed by atoms with Gasteiger partial charge in [0.2, 0.25) is 5.95 Å². The monoisotopic (exact) mass is 477 g/mol. The maximum absolute atomic E-state index is 12.5. The zero-order chi connectivity index (χ0) is 25.1. The van der Waals surface area contributed by atoms with E-state index in [4.69, 9.17) is 10.1 Å². The van der Waals surface area contributed by atoms with Crippen LogP contribution in [-0.2, 0) is 11.2 Å². The van der Waals surface area contributed by atoms with E-state index < -0.39 is 12.3 Å². The van der Waals surface area contributed by atoms with Gasteiger partial charge >= 0.3 is 12.3 Å². The second kappa shape index (κ2) is 9.95. The van der Waals surface area contributed by atoms with Crippen molar-refractivity contribution in [2.24, 2.45) is 5.41 Å². The summed E-state index contributed by atoms with van der Waals surface area (Å²) in [5.74, 6) is -0.679. The molecule has 184 valence electrons. The van der Waals surface area contributed by atoms with E-state index in [0.29, 0.717) is 22.7 Å². The molecule has 2 aromatic carbocycles. The first kappa shape index (κ1) is 25.4. The Bertz CT molecular complexity index is 1140. The van der Waals surface area contributed by atoms with E-state index in [1.807, 2.05) is 6.07 Å². The van der Waals surface area contributed by atoms with Gasteiger partial charge in [-0.05, 0) is 60.2 Å². The van der Waals surface area contributed by atoms with Crippen LogP contribution in [0.15, 0.2) is 42.5 Å². The van der Waals surface area contributed by atoms with E-state index in [-0.39, 0.29) is 23.6 Å². The fraction of sp³-hybridized carbons (Fsp3) is 0.440. The number of imidazole rings is 1. The van der Waals surface area contributed by atoms with Gasteiger partial charge in [-0.15, -0.1) is 13.2 Å². The smallest absolute Gasteiger partial charge is 0.481 e. The largest absolute Gasteiger partial charge is 0.573 e. The zero-order valence-electron chi connectivity index (χ0n) is 19.7. The lowest BCUT2D eigenvalue weighted by Crippen LogP contribution is -2.20. The summed E-state index contributed by atoms with van der Waals surface area (Å²) in [6.45, 7) is 8.69. The zero-order valence-corrected chi connectivity index (χ0v) is 19.7. The number of anilines is 2. The van der Waals surface area contributed by atoms with Crippen LogP contribution in [0.2, 0.25) is 0 Å². The minimum atomic E-state index is -4.75. The number of rotatable bonds is 10. The van der Waals surface area contributed by atoms with Gasteiger partial charge in [0.15, 0.2) is 0 Å². The molecule has 0 spiro atoms. The number of carbonyl (C=O) groups is 1. The first-order valence-corrected chi connectivity index (χ1v) is 11.3. The fourth-order valence-corrected chi connectivity index (χ4v) is 3.96. The number of hydrogen-bond donors (Lipinski definition) is 2. The molecular formula is C25H30F3N3O3. The number of benzene rings is 2. The van der Waals surface area contributed by atoms with Gasteiger partial charge in [0.25, 0.3) is 0 Å². The van der Waals surface area contributed by atoms with E-state index in [1.54, 1.807) is 12.1 Å². The molecule has 34 heavy (non-hydrogen) atoms. The Balaban J connectivity index is 2.02. The first-order chi connectivity index (χ1) is 15.9. The van der Waals surface area contributed by atoms with Crippen molar-refractivity contribution in [3.8, 4) is 5.75 Å². The average Bonchev–Trinajstić information content (AvgIpc) is 3.09. The molecule has 0 amide bonds. The van der Waals surface area contributed by atoms with Gasteiger partial charge in [-0.2, -0.15) is 0 Å². The van der Waals surface area contributed by atoms with Crippen LogP contribution in [0.4, 0.5) is 24.8 Å². The molecule has 1 aromatic heterocycles. The van der Waals surface area contributed by atoms with Crippen molar-refractivity contribution >= 4 is 28.6 Å². The van der Waals surface area contributed by atoms with Crippen LogP contribution in [0.3, 0.4) is 0 Å². The Morgan fingerprint density at radius 1 is 1.15 bits per heavy atom. The summed E-state index contributed by atoms with van der Waals surface area (Å²) in [7, 11) is 0. The quantitative estimate of drug-likeness (QED) is 0.326.